The fourth-order valence-corrected chi connectivity index (χ4v) is 2.26. The maximum atomic E-state index is 12.3. The minimum atomic E-state index is -0.171. The predicted molar refractivity (Wildman–Crippen MR) is 77.9 cm³/mol. The molecule has 0 atom stereocenters. The van der Waals surface area contributed by atoms with Gasteiger partial charge < -0.3 is 9.73 Å². The number of rotatable bonds is 2. The predicted octanol–water partition coefficient (Wildman–Crippen LogP) is 3.70. The molecule has 3 rings (SSSR count). The molecule has 2 heterocycles. The van der Waals surface area contributed by atoms with Crippen molar-refractivity contribution in [3.8, 4) is 0 Å². The van der Waals surface area contributed by atoms with E-state index in [1.165, 1.54) is 0 Å². The van der Waals surface area contributed by atoms with E-state index in [4.69, 9.17) is 4.42 Å². The Bertz CT molecular complexity index is 785. The molecule has 0 unspecified atom stereocenters. The summed E-state index contributed by atoms with van der Waals surface area (Å²) in [4.78, 5) is 16.6. The van der Waals surface area contributed by atoms with Gasteiger partial charge in [0.1, 0.15) is 11.5 Å². The van der Waals surface area contributed by atoms with Gasteiger partial charge in [-0.05, 0) is 44.2 Å². The van der Waals surface area contributed by atoms with Gasteiger partial charge in [0.25, 0.3) is 5.91 Å². The summed E-state index contributed by atoms with van der Waals surface area (Å²) in [6, 6.07) is 11.2. The maximum Gasteiger partial charge on any atom is 0.259 e. The number of nitrogens with one attached hydrogen (secondary N) is 1. The van der Waals surface area contributed by atoms with E-state index in [-0.39, 0.29) is 5.91 Å². The Kier molecular flexibility index (Phi) is 2.99. The Hall–Kier alpha value is -2.62. The lowest BCUT2D eigenvalue weighted by molar-refractivity contribution is 0.102. The molecule has 0 radical (unpaired) electrons. The second kappa shape index (κ2) is 4.81. The first kappa shape index (κ1) is 12.4. The van der Waals surface area contributed by atoms with E-state index < -0.39 is 0 Å². The van der Waals surface area contributed by atoms with Crippen LogP contribution in [0.2, 0.25) is 0 Å². The lowest BCUT2D eigenvalue weighted by Crippen LogP contribution is -2.12. The van der Waals surface area contributed by atoms with E-state index in [1.807, 2.05) is 37.3 Å². The van der Waals surface area contributed by atoms with Crippen molar-refractivity contribution in [3.63, 3.8) is 0 Å². The lowest BCUT2D eigenvalue weighted by Gasteiger charge is -2.07. The van der Waals surface area contributed by atoms with E-state index >= 15 is 0 Å². The standard InChI is InChI=1S/C16H14N2O2/c1-10-9-13(11(2)20-10)16(19)18-15-7-3-6-14-12(15)5-4-8-17-14/h3-9H,1-2H3,(H,18,19). The molecule has 0 spiro atoms. The zero-order valence-electron chi connectivity index (χ0n) is 11.3. The van der Waals surface area contributed by atoms with Crippen LogP contribution in [0.25, 0.3) is 10.9 Å². The Morgan fingerprint density at radius 2 is 2.05 bits per heavy atom. The van der Waals surface area contributed by atoms with Gasteiger partial charge >= 0.3 is 0 Å². The summed E-state index contributed by atoms with van der Waals surface area (Å²) in [6.07, 6.45) is 1.73. The molecule has 1 amide bonds. The molecule has 4 nitrogen and oxygen atoms in total. The summed E-state index contributed by atoms with van der Waals surface area (Å²) in [5.41, 5.74) is 2.16. The highest BCUT2D eigenvalue weighted by molar-refractivity contribution is 6.09. The first-order chi connectivity index (χ1) is 9.65. The molecule has 0 fully saturated rings. The number of furan rings is 1. The number of hydrogen-bond donors (Lipinski definition) is 1. The molecule has 100 valence electrons. The zero-order chi connectivity index (χ0) is 14.1. The molecule has 4 heteroatoms. The largest absolute Gasteiger partial charge is 0.466 e. The average Bonchev–Trinajstić information content (AvgIpc) is 2.78. The Morgan fingerprint density at radius 1 is 1.20 bits per heavy atom. The summed E-state index contributed by atoms with van der Waals surface area (Å²) in [6.45, 7) is 3.61. The number of aryl methyl sites for hydroxylation is 2. The molecule has 2 aromatic heterocycles. The molecule has 1 N–H and O–H groups in total. The van der Waals surface area contributed by atoms with Crippen molar-refractivity contribution in [1.29, 1.82) is 0 Å². The number of anilines is 1. The number of amides is 1. The van der Waals surface area contributed by atoms with Crippen LogP contribution in [-0.4, -0.2) is 10.9 Å². The summed E-state index contributed by atoms with van der Waals surface area (Å²) in [5, 5.41) is 3.83. The van der Waals surface area contributed by atoms with Gasteiger partial charge in [-0.1, -0.05) is 6.07 Å². The number of carbonyl (C=O) groups excluding carboxylic acids is 1. The first-order valence-electron chi connectivity index (χ1n) is 6.37. The highest BCUT2D eigenvalue weighted by atomic mass is 16.3. The fourth-order valence-electron chi connectivity index (χ4n) is 2.26. The number of nitrogens with zero attached hydrogens (tertiary/aromatic N) is 1. The number of carbonyl (C=O) groups is 1. The van der Waals surface area contributed by atoms with Crippen LogP contribution in [0.5, 0.6) is 0 Å². The van der Waals surface area contributed by atoms with Crippen LogP contribution in [0.1, 0.15) is 21.9 Å². The van der Waals surface area contributed by atoms with Crippen molar-refractivity contribution in [1.82, 2.24) is 4.98 Å². The van der Waals surface area contributed by atoms with E-state index in [2.05, 4.69) is 10.3 Å². The normalized spacial score (nSPS) is 10.7. The van der Waals surface area contributed by atoms with Crippen LogP contribution in [0.4, 0.5) is 5.69 Å². The molecule has 3 aromatic rings. The molecule has 0 aliphatic carbocycles. The molecular formula is C16H14N2O2. The minimum Gasteiger partial charge on any atom is -0.466 e. The van der Waals surface area contributed by atoms with E-state index in [0.717, 1.165) is 22.4 Å². The van der Waals surface area contributed by atoms with Crippen LogP contribution in [0.15, 0.2) is 47.0 Å². The van der Waals surface area contributed by atoms with Gasteiger partial charge in [0.15, 0.2) is 0 Å². The maximum absolute atomic E-state index is 12.3. The molecule has 0 saturated heterocycles. The molecule has 0 bridgehead atoms. The van der Waals surface area contributed by atoms with Crippen molar-refractivity contribution in [2.75, 3.05) is 5.32 Å². The number of hydrogen-bond acceptors (Lipinski definition) is 3. The van der Waals surface area contributed by atoms with Crippen molar-refractivity contribution in [3.05, 3.63) is 59.7 Å². The number of benzene rings is 1. The molecule has 0 saturated carbocycles. The smallest absolute Gasteiger partial charge is 0.259 e. The van der Waals surface area contributed by atoms with E-state index in [9.17, 15) is 4.79 Å². The van der Waals surface area contributed by atoms with Crippen molar-refractivity contribution >= 4 is 22.5 Å². The fraction of sp³-hybridized carbons (Fsp3) is 0.125. The van der Waals surface area contributed by atoms with Gasteiger partial charge in [0.2, 0.25) is 0 Å². The topological polar surface area (TPSA) is 55.1 Å². The van der Waals surface area contributed by atoms with Crippen molar-refractivity contribution in [2.24, 2.45) is 0 Å². The highest BCUT2D eigenvalue weighted by Crippen LogP contribution is 2.23. The third-order valence-electron chi connectivity index (χ3n) is 3.18. The molecule has 1 aromatic carbocycles. The summed E-state index contributed by atoms with van der Waals surface area (Å²) < 4.78 is 5.39. The Labute approximate surface area is 116 Å². The minimum absolute atomic E-state index is 0.171. The lowest BCUT2D eigenvalue weighted by atomic mass is 10.1. The first-order valence-corrected chi connectivity index (χ1v) is 6.37. The quantitative estimate of drug-likeness (QED) is 0.769. The van der Waals surface area contributed by atoms with Crippen LogP contribution in [0, 0.1) is 13.8 Å². The van der Waals surface area contributed by atoms with Crippen LogP contribution in [0.3, 0.4) is 0 Å². The summed E-state index contributed by atoms with van der Waals surface area (Å²) >= 11 is 0. The monoisotopic (exact) mass is 266 g/mol. The van der Waals surface area contributed by atoms with E-state index in [1.54, 1.807) is 19.2 Å². The van der Waals surface area contributed by atoms with Gasteiger partial charge in [-0.2, -0.15) is 0 Å². The molecular weight excluding hydrogens is 252 g/mol. The van der Waals surface area contributed by atoms with Gasteiger partial charge in [0, 0.05) is 11.6 Å². The number of fused-ring (bicyclic) bond motifs is 1. The SMILES string of the molecule is Cc1cc(C(=O)Nc2cccc3ncccc23)c(C)o1. The van der Waals surface area contributed by atoms with Gasteiger partial charge in [-0.25, -0.2) is 0 Å². The molecule has 20 heavy (non-hydrogen) atoms. The molecule has 0 aliphatic rings. The van der Waals surface area contributed by atoms with E-state index in [0.29, 0.717) is 11.3 Å². The third kappa shape index (κ3) is 2.16. The van der Waals surface area contributed by atoms with Crippen LogP contribution < -0.4 is 5.32 Å². The summed E-state index contributed by atoms with van der Waals surface area (Å²) in [5.74, 6) is 1.18. The summed E-state index contributed by atoms with van der Waals surface area (Å²) in [7, 11) is 0. The van der Waals surface area contributed by atoms with Crippen molar-refractivity contribution < 1.29 is 9.21 Å². The van der Waals surface area contributed by atoms with Gasteiger partial charge in [0.05, 0.1) is 16.8 Å². The highest BCUT2D eigenvalue weighted by Gasteiger charge is 2.14. The second-order valence-electron chi connectivity index (χ2n) is 4.66. The van der Waals surface area contributed by atoms with Crippen LogP contribution in [-0.2, 0) is 0 Å². The van der Waals surface area contributed by atoms with Crippen molar-refractivity contribution in [2.45, 2.75) is 13.8 Å². The average molecular weight is 266 g/mol. The number of aromatic nitrogens is 1. The van der Waals surface area contributed by atoms with Gasteiger partial charge in [-0.15, -0.1) is 0 Å². The van der Waals surface area contributed by atoms with Crippen LogP contribution >= 0.6 is 0 Å². The zero-order valence-corrected chi connectivity index (χ0v) is 11.3. The second-order valence-corrected chi connectivity index (χ2v) is 4.66. The molecule has 0 aliphatic heterocycles. The van der Waals surface area contributed by atoms with Gasteiger partial charge in [-0.3, -0.25) is 9.78 Å². The Balaban J connectivity index is 1.97. The third-order valence-corrected chi connectivity index (χ3v) is 3.18. The Morgan fingerprint density at radius 3 is 2.80 bits per heavy atom. The number of pyridine rings is 1.